The minimum absolute atomic E-state index is 0.129. The molecule has 2 heterocycles. The van der Waals surface area contributed by atoms with Crippen LogP contribution in [-0.2, 0) is 11.6 Å². The second kappa shape index (κ2) is 7.30. The quantitative estimate of drug-likeness (QED) is 0.408. The highest BCUT2D eigenvalue weighted by Crippen LogP contribution is 2.60. The molecule has 3 aromatic rings. The van der Waals surface area contributed by atoms with E-state index in [0.717, 1.165) is 40.6 Å². The van der Waals surface area contributed by atoms with Crippen molar-refractivity contribution in [3.8, 4) is 22.2 Å². The van der Waals surface area contributed by atoms with Gasteiger partial charge >= 0.3 is 6.18 Å². The topological polar surface area (TPSA) is 35.0 Å². The summed E-state index contributed by atoms with van der Waals surface area (Å²) in [6.45, 7) is 0. The largest absolute Gasteiger partial charge is 0.439 e. The smallest absolute Gasteiger partial charge is 0.417 e. The lowest BCUT2D eigenvalue weighted by atomic mass is 9.49. The Morgan fingerprint density at radius 2 is 1.56 bits per heavy atom. The predicted octanol–water partition coefficient (Wildman–Crippen LogP) is 7.48. The average molecular weight is 457 g/mol. The summed E-state index contributed by atoms with van der Waals surface area (Å²) in [6.07, 6.45) is 4.54. The first-order chi connectivity index (χ1) is 15.4. The van der Waals surface area contributed by atoms with Crippen LogP contribution in [0.1, 0.15) is 49.8 Å². The molecule has 0 aliphatic heterocycles. The fourth-order valence-electron chi connectivity index (χ4n) is 6.47. The summed E-state index contributed by atoms with van der Waals surface area (Å²) in [7, 11) is 0. The molecule has 0 N–H and O–H groups in total. The third-order valence-electron chi connectivity index (χ3n) is 7.47. The predicted molar refractivity (Wildman–Crippen MR) is 117 cm³/mol. The SMILES string of the molecule is FC(F)(F)c1ccc(Oc2ccc(-c3nc(C45CC6CC(CC(C6)C4)C5)cs3)cc2)nc1. The van der Waals surface area contributed by atoms with E-state index < -0.39 is 11.7 Å². The fraction of sp³-hybridized carbons (Fsp3) is 0.440. The van der Waals surface area contributed by atoms with Gasteiger partial charge in [0.05, 0.1) is 11.3 Å². The first-order valence-corrected chi connectivity index (χ1v) is 12.0. The van der Waals surface area contributed by atoms with E-state index in [-0.39, 0.29) is 5.88 Å². The number of hydrogen-bond acceptors (Lipinski definition) is 4. The normalized spacial score (nSPS) is 28.8. The molecule has 1 aromatic carbocycles. The first kappa shape index (κ1) is 20.2. The van der Waals surface area contributed by atoms with Crippen molar-refractivity contribution in [3.05, 3.63) is 59.2 Å². The lowest BCUT2D eigenvalue weighted by molar-refractivity contribution is -0.137. The number of rotatable bonds is 4. The summed E-state index contributed by atoms with van der Waals surface area (Å²) < 4.78 is 43.6. The number of pyridine rings is 1. The van der Waals surface area contributed by atoms with Crippen molar-refractivity contribution >= 4 is 11.3 Å². The lowest BCUT2D eigenvalue weighted by Crippen LogP contribution is -2.48. The Bertz CT molecular complexity index is 1090. The molecule has 0 unspecified atom stereocenters. The monoisotopic (exact) mass is 456 g/mol. The Morgan fingerprint density at radius 3 is 2.12 bits per heavy atom. The number of thiazole rings is 1. The Balaban J connectivity index is 1.18. The van der Waals surface area contributed by atoms with Crippen LogP contribution < -0.4 is 4.74 Å². The molecule has 4 saturated carbocycles. The summed E-state index contributed by atoms with van der Waals surface area (Å²) in [5.74, 6) is 3.33. The molecule has 0 spiro atoms. The molecule has 0 saturated heterocycles. The van der Waals surface area contributed by atoms with Crippen molar-refractivity contribution < 1.29 is 17.9 Å². The van der Waals surface area contributed by atoms with E-state index >= 15 is 0 Å². The van der Waals surface area contributed by atoms with Crippen LogP contribution in [-0.4, -0.2) is 9.97 Å². The van der Waals surface area contributed by atoms with Crippen LogP contribution in [0, 0.1) is 17.8 Å². The van der Waals surface area contributed by atoms with Gasteiger partial charge in [0.1, 0.15) is 10.8 Å². The molecular formula is C25H23F3N2OS. The van der Waals surface area contributed by atoms with Gasteiger partial charge in [-0.1, -0.05) is 0 Å². The van der Waals surface area contributed by atoms with Gasteiger partial charge in [0, 0.05) is 28.6 Å². The molecule has 7 heteroatoms. The zero-order chi connectivity index (χ0) is 21.9. The maximum atomic E-state index is 12.7. The molecule has 0 amide bonds. The molecule has 0 radical (unpaired) electrons. The number of benzene rings is 1. The summed E-state index contributed by atoms with van der Waals surface area (Å²) in [4.78, 5) is 8.84. The van der Waals surface area contributed by atoms with Gasteiger partial charge in [0.25, 0.3) is 0 Å². The van der Waals surface area contributed by atoms with E-state index in [1.54, 1.807) is 23.5 Å². The highest BCUT2D eigenvalue weighted by molar-refractivity contribution is 7.13. The van der Waals surface area contributed by atoms with Gasteiger partial charge in [0.15, 0.2) is 0 Å². The van der Waals surface area contributed by atoms with Gasteiger partial charge in [-0.25, -0.2) is 9.97 Å². The van der Waals surface area contributed by atoms with Gasteiger partial charge in [-0.15, -0.1) is 11.3 Å². The molecule has 4 aliphatic carbocycles. The van der Waals surface area contributed by atoms with Crippen LogP contribution in [0.3, 0.4) is 0 Å². The van der Waals surface area contributed by atoms with E-state index in [1.165, 1.54) is 50.3 Å². The Kier molecular flexibility index (Phi) is 4.61. The highest BCUT2D eigenvalue weighted by atomic mass is 32.1. The molecular weight excluding hydrogens is 433 g/mol. The molecule has 7 rings (SSSR count). The van der Waals surface area contributed by atoms with Crippen molar-refractivity contribution in [2.24, 2.45) is 17.8 Å². The summed E-state index contributed by atoms with van der Waals surface area (Å²) in [5.41, 5.74) is 1.81. The van der Waals surface area contributed by atoms with Crippen LogP contribution in [0.15, 0.2) is 48.0 Å². The molecule has 4 fully saturated rings. The molecule has 166 valence electrons. The highest BCUT2D eigenvalue weighted by Gasteiger charge is 2.52. The van der Waals surface area contributed by atoms with Crippen LogP contribution in [0.25, 0.3) is 10.6 Å². The standard InChI is InChI=1S/C25H23F3N2OS/c26-25(27,28)19-3-6-22(29-13-19)31-20-4-1-18(2-5-20)23-30-21(14-32-23)24-10-15-7-16(11-24)9-17(8-15)12-24/h1-6,13-17H,7-12H2. The van der Waals surface area contributed by atoms with E-state index in [0.29, 0.717) is 11.2 Å². The number of alkyl halides is 3. The Hall–Kier alpha value is -2.41. The molecule has 4 bridgehead atoms. The third kappa shape index (κ3) is 3.60. The summed E-state index contributed by atoms with van der Waals surface area (Å²) in [5, 5.41) is 3.27. The number of aromatic nitrogens is 2. The summed E-state index contributed by atoms with van der Waals surface area (Å²) in [6, 6.07) is 9.71. The molecule has 0 atom stereocenters. The average Bonchev–Trinajstić information content (AvgIpc) is 3.24. The van der Waals surface area contributed by atoms with Crippen LogP contribution in [0.2, 0.25) is 0 Å². The second-order valence-corrected chi connectivity index (χ2v) is 10.6. The van der Waals surface area contributed by atoms with Crippen molar-refractivity contribution in [2.45, 2.75) is 50.1 Å². The Morgan fingerprint density at radius 1 is 0.906 bits per heavy atom. The lowest BCUT2D eigenvalue weighted by Gasteiger charge is -2.56. The number of nitrogens with zero attached hydrogens (tertiary/aromatic N) is 2. The van der Waals surface area contributed by atoms with E-state index in [1.807, 2.05) is 12.1 Å². The van der Waals surface area contributed by atoms with Gasteiger partial charge in [-0.3, -0.25) is 0 Å². The number of hydrogen-bond donors (Lipinski definition) is 0. The summed E-state index contributed by atoms with van der Waals surface area (Å²) >= 11 is 1.69. The van der Waals surface area contributed by atoms with Crippen molar-refractivity contribution in [3.63, 3.8) is 0 Å². The molecule has 4 aliphatic rings. The van der Waals surface area contributed by atoms with Crippen LogP contribution in [0.5, 0.6) is 11.6 Å². The molecule has 3 nitrogen and oxygen atoms in total. The van der Waals surface area contributed by atoms with Crippen molar-refractivity contribution in [1.29, 1.82) is 0 Å². The maximum absolute atomic E-state index is 12.7. The van der Waals surface area contributed by atoms with Crippen molar-refractivity contribution in [1.82, 2.24) is 9.97 Å². The van der Waals surface area contributed by atoms with Crippen molar-refractivity contribution in [2.75, 3.05) is 0 Å². The van der Waals surface area contributed by atoms with E-state index in [2.05, 4.69) is 10.4 Å². The molecule has 32 heavy (non-hydrogen) atoms. The van der Waals surface area contributed by atoms with Gasteiger partial charge in [0.2, 0.25) is 5.88 Å². The first-order valence-electron chi connectivity index (χ1n) is 11.1. The van der Waals surface area contributed by atoms with Crippen LogP contribution in [0.4, 0.5) is 13.2 Å². The van der Waals surface area contributed by atoms with Gasteiger partial charge < -0.3 is 4.74 Å². The van der Waals surface area contributed by atoms with E-state index in [9.17, 15) is 13.2 Å². The zero-order valence-corrected chi connectivity index (χ0v) is 18.3. The minimum atomic E-state index is -4.41. The minimum Gasteiger partial charge on any atom is -0.439 e. The number of ether oxygens (including phenoxy) is 1. The van der Waals surface area contributed by atoms with Gasteiger partial charge in [-0.2, -0.15) is 13.2 Å². The molecule has 2 aromatic heterocycles. The third-order valence-corrected chi connectivity index (χ3v) is 8.36. The Labute approximate surface area is 188 Å². The zero-order valence-electron chi connectivity index (χ0n) is 17.4. The van der Waals surface area contributed by atoms with E-state index in [4.69, 9.17) is 9.72 Å². The fourth-order valence-corrected chi connectivity index (χ4v) is 7.42. The van der Waals surface area contributed by atoms with Gasteiger partial charge in [-0.05, 0) is 86.6 Å². The number of halogens is 3. The second-order valence-electron chi connectivity index (χ2n) is 9.75. The van der Waals surface area contributed by atoms with Crippen LogP contribution >= 0.6 is 11.3 Å². The maximum Gasteiger partial charge on any atom is 0.417 e.